The van der Waals surface area contributed by atoms with Crippen LogP contribution in [0.2, 0.25) is 0 Å². The van der Waals surface area contributed by atoms with Gasteiger partial charge in [-0.05, 0) is 37.0 Å². The lowest BCUT2D eigenvalue weighted by Crippen LogP contribution is -2.34. The molecule has 1 fully saturated rings. The predicted octanol–water partition coefficient (Wildman–Crippen LogP) is 1.85. The van der Waals surface area contributed by atoms with Crippen LogP contribution in [0.3, 0.4) is 0 Å². The number of hydrogen-bond acceptors (Lipinski definition) is 4. The first-order chi connectivity index (χ1) is 10.6. The van der Waals surface area contributed by atoms with Crippen LogP contribution in [0.5, 0.6) is 0 Å². The van der Waals surface area contributed by atoms with E-state index in [1.165, 1.54) is 6.08 Å². The van der Waals surface area contributed by atoms with Gasteiger partial charge in [0.1, 0.15) is 0 Å². The Hall–Kier alpha value is -2.14. The summed E-state index contributed by atoms with van der Waals surface area (Å²) < 4.78 is 10.3. The number of amides is 1. The molecule has 0 aromatic heterocycles. The Bertz CT molecular complexity index is 547. The number of aryl methyl sites for hydroxylation is 1. The number of benzene rings is 1. The summed E-state index contributed by atoms with van der Waals surface area (Å²) in [5, 5.41) is 2.70. The van der Waals surface area contributed by atoms with Gasteiger partial charge >= 0.3 is 5.97 Å². The lowest BCUT2D eigenvalue weighted by atomic mass is 10.1. The van der Waals surface area contributed by atoms with E-state index in [0.717, 1.165) is 30.6 Å². The van der Waals surface area contributed by atoms with Crippen LogP contribution in [0.15, 0.2) is 30.3 Å². The number of esters is 1. The second kappa shape index (κ2) is 8.34. The molecular weight excluding hydrogens is 282 g/mol. The molecule has 5 heteroatoms. The lowest BCUT2D eigenvalue weighted by molar-refractivity contribution is -0.143. The van der Waals surface area contributed by atoms with E-state index in [1.807, 2.05) is 31.2 Å². The molecule has 1 aliphatic heterocycles. The van der Waals surface area contributed by atoms with E-state index in [1.54, 1.807) is 6.08 Å². The Balaban J connectivity index is 1.68. The highest BCUT2D eigenvalue weighted by Gasteiger charge is 2.16. The Morgan fingerprint density at radius 3 is 2.95 bits per heavy atom. The molecule has 1 saturated heterocycles. The third kappa shape index (κ3) is 5.33. The maximum atomic E-state index is 11.6. The second-order valence-electron chi connectivity index (χ2n) is 5.24. The molecule has 5 nitrogen and oxygen atoms in total. The van der Waals surface area contributed by atoms with E-state index in [2.05, 4.69) is 5.32 Å². The van der Waals surface area contributed by atoms with Crippen molar-refractivity contribution in [3.05, 3.63) is 41.5 Å². The van der Waals surface area contributed by atoms with Crippen LogP contribution in [0, 0.1) is 6.92 Å². The number of carbonyl (C=O) groups excluding carboxylic acids is 2. The zero-order valence-corrected chi connectivity index (χ0v) is 12.7. The minimum absolute atomic E-state index is 0.0839. The first kappa shape index (κ1) is 16.2. The molecule has 2 rings (SSSR count). The Labute approximate surface area is 130 Å². The Morgan fingerprint density at radius 2 is 2.23 bits per heavy atom. The third-order valence-electron chi connectivity index (χ3n) is 3.48. The average molecular weight is 303 g/mol. The van der Waals surface area contributed by atoms with Crippen molar-refractivity contribution < 1.29 is 19.1 Å². The molecule has 1 aromatic carbocycles. The molecule has 118 valence electrons. The van der Waals surface area contributed by atoms with Gasteiger partial charge in [0.2, 0.25) is 0 Å². The largest absolute Gasteiger partial charge is 0.452 e. The molecule has 1 amide bonds. The number of hydrogen-bond donors (Lipinski definition) is 1. The summed E-state index contributed by atoms with van der Waals surface area (Å²) in [7, 11) is 0. The summed E-state index contributed by atoms with van der Waals surface area (Å²) in [6.45, 7) is 2.90. The summed E-state index contributed by atoms with van der Waals surface area (Å²) in [6, 6.07) is 7.71. The zero-order chi connectivity index (χ0) is 15.8. The quantitative estimate of drug-likeness (QED) is 0.643. The fourth-order valence-corrected chi connectivity index (χ4v) is 2.20. The number of nitrogens with one attached hydrogen (secondary N) is 1. The van der Waals surface area contributed by atoms with Gasteiger partial charge in [-0.1, -0.05) is 24.3 Å². The highest BCUT2D eigenvalue weighted by molar-refractivity contribution is 5.89. The zero-order valence-electron chi connectivity index (χ0n) is 12.7. The second-order valence-corrected chi connectivity index (χ2v) is 5.24. The molecule has 1 heterocycles. The van der Waals surface area contributed by atoms with Gasteiger partial charge < -0.3 is 14.8 Å². The monoisotopic (exact) mass is 303 g/mol. The molecule has 1 atom stereocenters. The van der Waals surface area contributed by atoms with Crippen LogP contribution in [-0.2, 0) is 19.1 Å². The maximum absolute atomic E-state index is 11.6. The first-order valence-electron chi connectivity index (χ1n) is 7.44. The number of rotatable bonds is 6. The van der Waals surface area contributed by atoms with Crippen molar-refractivity contribution in [2.45, 2.75) is 25.9 Å². The number of ether oxygens (including phenoxy) is 2. The maximum Gasteiger partial charge on any atom is 0.331 e. The topological polar surface area (TPSA) is 64.6 Å². The minimum atomic E-state index is -0.532. The van der Waals surface area contributed by atoms with Gasteiger partial charge in [-0.25, -0.2) is 4.79 Å². The van der Waals surface area contributed by atoms with Crippen molar-refractivity contribution >= 4 is 18.0 Å². The summed E-state index contributed by atoms with van der Waals surface area (Å²) >= 11 is 0. The van der Waals surface area contributed by atoms with Gasteiger partial charge in [0.25, 0.3) is 5.91 Å². The molecule has 22 heavy (non-hydrogen) atoms. The van der Waals surface area contributed by atoms with Crippen LogP contribution in [0.1, 0.15) is 24.0 Å². The third-order valence-corrected chi connectivity index (χ3v) is 3.48. The van der Waals surface area contributed by atoms with Crippen LogP contribution >= 0.6 is 0 Å². The molecule has 0 aliphatic carbocycles. The fraction of sp³-hybridized carbons (Fsp3) is 0.412. The molecule has 1 aliphatic rings. The Kier molecular flexibility index (Phi) is 6.15. The minimum Gasteiger partial charge on any atom is -0.452 e. The average Bonchev–Trinajstić information content (AvgIpc) is 3.03. The van der Waals surface area contributed by atoms with Crippen LogP contribution < -0.4 is 5.32 Å². The van der Waals surface area contributed by atoms with Crippen LogP contribution in [0.25, 0.3) is 6.08 Å². The summed E-state index contributed by atoms with van der Waals surface area (Å²) in [4.78, 5) is 23.1. The summed E-state index contributed by atoms with van der Waals surface area (Å²) in [5.74, 6) is -0.844. The van der Waals surface area contributed by atoms with Crippen molar-refractivity contribution in [3.8, 4) is 0 Å². The molecule has 0 unspecified atom stereocenters. The summed E-state index contributed by atoms with van der Waals surface area (Å²) in [5.41, 5.74) is 2.02. The van der Waals surface area contributed by atoms with Crippen molar-refractivity contribution in [2.75, 3.05) is 19.8 Å². The van der Waals surface area contributed by atoms with Gasteiger partial charge in [0.15, 0.2) is 6.61 Å². The summed E-state index contributed by atoms with van der Waals surface area (Å²) in [6.07, 6.45) is 5.08. The molecule has 0 spiro atoms. The standard InChI is InChI=1S/C17H21NO4/c1-13-5-2-3-6-14(13)8-9-17(20)22-12-16(19)18-11-15-7-4-10-21-15/h2-3,5-6,8-9,15H,4,7,10-12H2,1H3,(H,18,19)/b9-8+/t15-/m0/s1. The van der Waals surface area contributed by atoms with Gasteiger partial charge in [0.05, 0.1) is 6.10 Å². The SMILES string of the molecule is Cc1ccccc1/C=C/C(=O)OCC(=O)NC[C@@H]1CCCO1. The lowest BCUT2D eigenvalue weighted by Gasteiger charge is -2.10. The van der Waals surface area contributed by atoms with Gasteiger partial charge in [0, 0.05) is 19.2 Å². The van der Waals surface area contributed by atoms with E-state index in [-0.39, 0.29) is 18.6 Å². The molecule has 0 bridgehead atoms. The van der Waals surface area contributed by atoms with E-state index in [9.17, 15) is 9.59 Å². The molecule has 1 aromatic rings. The van der Waals surface area contributed by atoms with Crippen molar-refractivity contribution in [1.82, 2.24) is 5.32 Å². The van der Waals surface area contributed by atoms with E-state index < -0.39 is 5.97 Å². The smallest absolute Gasteiger partial charge is 0.331 e. The van der Waals surface area contributed by atoms with Gasteiger partial charge in [-0.3, -0.25) is 4.79 Å². The van der Waals surface area contributed by atoms with E-state index >= 15 is 0 Å². The number of carbonyl (C=O) groups is 2. The molecule has 1 N–H and O–H groups in total. The van der Waals surface area contributed by atoms with Crippen LogP contribution in [0.4, 0.5) is 0 Å². The van der Waals surface area contributed by atoms with Crippen LogP contribution in [-0.4, -0.2) is 37.7 Å². The normalized spacial score (nSPS) is 17.6. The Morgan fingerprint density at radius 1 is 1.41 bits per heavy atom. The first-order valence-corrected chi connectivity index (χ1v) is 7.44. The molecule has 0 saturated carbocycles. The fourth-order valence-electron chi connectivity index (χ4n) is 2.20. The van der Waals surface area contributed by atoms with E-state index in [4.69, 9.17) is 9.47 Å². The van der Waals surface area contributed by atoms with Gasteiger partial charge in [-0.2, -0.15) is 0 Å². The van der Waals surface area contributed by atoms with Crippen molar-refractivity contribution in [1.29, 1.82) is 0 Å². The van der Waals surface area contributed by atoms with E-state index in [0.29, 0.717) is 6.54 Å². The van der Waals surface area contributed by atoms with Crippen molar-refractivity contribution in [2.24, 2.45) is 0 Å². The highest BCUT2D eigenvalue weighted by atomic mass is 16.5. The molecule has 0 radical (unpaired) electrons. The van der Waals surface area contributed by atoms with Crippen molar-refractivity contribution in [3.63, 3.8) is 0 Å². The van der Waals surface area contributed by atoms with Gasteiger partial charge in [-0.15, -0.1) is 0 Å². The highest BCUT2D eigenvalue weighted by Crippen LogP contribution is 2.10. The molecular formula is C17H21NO4. The predicted molar refractivity (Wildman–Crippen MR) is 83.2 cm³/mol.